The van der Waals surface area contributed by atoms with Crippen molar-refractivity contribution in [2.45, 2.75) is 58.2 Å². The van der Waals surface area contributed by atoms with Crippen LogP contribution < -0.4 is 34.6 Å². The molecule has 0 aliphatic carbocycles. The minimum atomic E-state index is -0.932. The summed E-state index contributed by atoms with van der Waals surface area (Å²) >= 11 is 0. The number of nitrogens with one attached hydrogen (secondary N) is 2. The first-order chi connectivity index (χ1) is 21.5. The molecule has 12 heteroatoms. The Labute approximate surface area is 266 Å². The number of rotatable bonds is 13. The highest BCUT2D eigenvalue weighted by atomic mass is 16.5. The monoisotopic (exact) mass is 623 g/mol. The molecule has 1 aliphatic rings. The van der Waals surface area contributed by atoms with Crippen LogP contribution in [0, 0.1) is 0 Å². The van der Waals surface area contributed by atoms with E-state index in [0.717, 1.165) is 54.1 Å². The van der Waals surface area contributed by atoms with Gasteiger partial charge in [0, 0.05) is 61.5 Å². The van der Waals surface area contributed by atoms with Gasteiger partial charge in [-0.05, 0) is 71.3 Å². The Morgan fingerprint density at radius 3 is 2.29 bits per heavy atom. The van der Waals surface area contributed by atoms with Crippen LogP contribution in [0.4, 0.5) is 22.2 Å². The molecule has 12 nitrogen and oxygen atoms in total. The number of hydrogen-bond donors (Lipinski definition) is 3. The van der Waals surface area contributed by atoms with E-state index in [4.69, 9.17) is 24.2 Å². The SMILES string of the molecule is COc1cc2nc(NCCCN(C(=O)O)C(C)(C)C)nc(N(Cc3c(OC)cccc3N(C)C)C3CCNCC3)c2cc1OC. The lowest BCUT2D eigenvalue weighted by Crippen LogP contribution is -2.45. The average molecular weight is 624 g/mol. The van der Waals surface area contributed by atoms with E-state index < -0.39 is 11.6 Å². The number of methoxy groups -OCH3 is 3. The van der Waals surface area contributed by atoms with Gasteiger partial charge in [-0.2, -0.15) is 4.98 Å². The summed E-state index contributed by atoms with van der Waals surface area (Å²) < 4.78 is 17.2. The Morgan fingerprint density at radius 1 is 1.02 bits per heavy atom. The molecular weight excluding hydrogens is 574 g/mol. The van der Waals surface area contributed by atoms with Gasteiger partial charge in [0.2, 0.25) is 5.95 Å². The van der Waals surface area contributed by atoms with Crippen LogP contribution >= 0.6 is 0 Å². The van der Waals surface area contributed by atoms with Gasteiger partial charge in [0.15, 0.2) is 11.5 Å². The van der Waals surface area contributed by atoms with Crippen molar-refractivity contribution < 1.29 is 24.1 Å². The van der Waals surface area contributed by atoms with E-state index >= 15 is 0 Å². The van der Waals surface area contributed by atoms with Crippen LogP contribution in [0.25, 0.3) is 10.9 Å². The molecule has 0 atom stereocenters. The molecule has 1 aromatic heterocycles. The number of aromatic nitrogens is 2. The van der Waals surface area contributed by atoms with E-state index in [9.17, 15) is 9.90 Å². The predicted octanol–water partition coefficient (Wildman–Crippen LogP) is 5.06. The molecule has 2 aromatic carbocycles. The van der Waals surface area contributed by atoms with E-state index in [0.29, 0.717) is 49.0 Å². The number of piperidine rings is 1. The largest absolute Gasteiger partial charge is 0.496 e. The van der Waals surface area contributed by atoms with E-state index in [-0.39, 0.29) is 6.04 Å². The number of anilines is 3. The second kappa shape index (κ2) is 14.7. The normalized spacial score (nSPS) is 13.8. The maximum absolute atomic E-state index is 11.8. The minimum absolute atomic E-state index is 0.209. The van der Waals surface area contributed by atoms with Crippen LogP contribution in [0.1, 0.15) is 45.6 Å². The first kappa shape index (κ1) is 33.7. The molecule has 3 N–H and O–H groups in total. The molecule has 0 bridgehead atoms. The number of carbonyl (C=O) groups is 1. The van der Waals surface area contributed by atoms with E-state index in [2.05, 4.69) is 26.5 Å². The Kier molecular flexibility index (Phi) is 11.0. The lowest BCUT2D eigenvalue weighted by atomic mass is 10.0. The van der Waals surface area contributed by atoms with Gasteiger partial charge in [-0.1, -0.05) is 6.07 Å². The van der Waals surface area contributed by atoms with E-state index in [1.807, 2.05) is 59.1 Å². The van der Waals surface area contributed by atoms with Crippen LogP contribution in [0.3, 0.4) is 0 Å². The summed E-state index contributed by atoms with van der Waals surface area (Å²) in [5.74, 6) is 3.25. The van der Waals surface area contributed by atoms with E-state index in [1.54, 1.807) is 21.3 Å². The van der Waals surface area contributed by atoms with Crippen molar-refractivity contribution in [1.82, 2.24) is 20.2 Å². The summed E-state index contributed by atoms with van der Waals surface area (Å²) in [5.41, 5.74) is 2.37. The van der Waals surface area contributed by atoms with Gasteiger partial charge < -0.3 is 44.7 Å². The van der Waals surface area contributed by atoms with Crippen molar-refractivity contribution in [3.05, 3.63) is 35.9 Å². The average Bonchev–Trinajstić information content (AvgIpc) is 3.01. The Balaban J connectivity index is 1.80. The van der Waals surface area contributed by atoms with E-state index in [1.165, 1.54) is 4.90 Å². The van der Waals surface area contributed by atoms with Crippen LogP contribution in [0.5, 0.6) is 17.2 Å². The highest BCUT2D eigenvalue weighted by Gasteiger charge is 2.29. The van der Waals surface area contributed by atoms with Gasteiger partial charge in [0.1, 0.15) is 11.6 Å². The summed E-state index contributed by atoms with van der Waals surface area (Å²) in [6.45, 7) is 8.97. The first-order valence-electron chi connectivity index (χ1n) is 15.5. The first-order valence-corrected chi connectivity index (χ1v) is 15.5. The smallest absolute Gasteiger partial charge is 0.407 e. The molecule has 0 radical (unpaired) electrons. The number of benzene rings is 2. The molecule has 4 rings (SSSR count). The van der Waals surface area contributed by atoms with Crippen LogP contribution in [0.2, 0.25) is 0 Å². The van der Waals surface area contributed by atoms with Crippen molar-refractivity contribution in [3.8, 4) is 17.2 Å². The lowest BCUT2D eigenvalue weighted by molar-refractivity contribution is 0.100. The third kappa shape index (κ3) is 7.91. The van der Waals surface area contributed by atoms with Gasteiger partial charge in [0.05, 0.1) is 33.4 Å². The molecule has 246 valence electrons. The summed E-state index contributed by atoms with van der Waals surface area (Å²) in [7, 11) is 9.02. The molecule has 3 aromatic rings. The topological polar surface area (TPSA) is 125 Å². The maximum Gasteiger partial charge on any atom is 0.407 e. The molecule has 1 amide bonds. The van der Waals surface area contributed by atoms with Crippen molar-refractivity contribution in [2.24, 2.45) is 0 Å². The molecule has 1 fully saturated rings. The molecule has 2 heterocycles. The summed E-state index contributed by atoms with van der Waals surface area (Å²) in [6.07, 6.45) is 1.56. The molecule has 1 saturated heterocycles. The molecule has 0 spiro atoms. The van der Waals surface area contributed by atoms with Gasteiger partial charge >= 0.3 is 6.09 Å². The second-order valence-corrected chi connectivity index (χ2v) is 12.4. The summed E-state index contributed by atoms with van der Waals surface area (Å²) in [5, 5.41) is 17.4. The Bertz CT molecular complexity index is 1450. The summed E-state index contributed by atoms with van der Waals surface area (Å²) in [4.78, 5) is 27.8. The Morgan fingerprint density at radius 2 is 1.69 bits per heavy atom. The fourth-order valence-electron chi connectivity index (χ4n) is 5.88. The minimum Gasteiger partial charge on any atom is -0.496 e. The standard InChI is InChI=1S/C33H49N7O5/c1-33(2,3)40(32(41)42)18-10-15-35-31-36-25-20-29(45-8)28(44-7)19-23(25)30(37-31)39(22-13-16-34-17-14-22)21-24-26(38(4)5)11-9-12-27(24)43-6/h9,11-12,19-20,22,34H,10,13-18,21H2,1-8H3,(H,41,42)(H,35,36,37). The highest BCUT2D eigenvalue weighted by Crippen LogP contribution is 2.39. The van der Waals surface area contributed by atoms with Gasteiger partial charge in [-0.3, -0.25) is 0 Å². The van der Waals surface area contributed by atoms with Crippen molar-refractivity contribution in [3.63, 3.8) is 0 Å². The van der Waals surface area contributed by atoms with Crippen molar-refractivity contribution >= 4 is 34.4 Å². The second-order valence-electron chi connectivity index (χ2n) is 12.4. The Hall–Kier alpha value is -4.19. The maximum atomic E-state index is 11.8. The zero-order valence-electron chi connectivity index (χ0n) is 27.9. The lowest BCUT2D eigenvalue weighted by Gasteiger charge is -2.37. The number of nitrogens with zero attached hydrogens (tertiary/aromatic N) is 5. The number of hydrogen-bond acceptors (Lipinski definition) is 10. The number of fused-ring (bicyclic) bond motifs is 1. The number of carboxylic acid groups (broad SMARTS) is 1. The fourth-order valence-corrected chi connectivity index (χ4v) is 5.88. The highest BCUT2D eigenvalue weighted by molar-refractivity contribution is 5.93. The van der Waals surface area contributed by atoms with Crippen LogP contribution in [-0.2, 0) is 6.54 Å². The number of ether oxygens (including phenoxy) is 3. The zero-order valence-corrected chi connectivity index (χ0v) is 27.9. The predicted molar refractivity (Wildman–Crippen MR) is 180 cm³/mol. The van der Waals surface area contributed by atoms with Crippen LogP contribution in [0.15, 0.2) is 30.3 Å². The number of amides is 1. The molecule has 0 saturated carbocycles. The fraction of sp³-hybridized carbons (Fsp3) is 0.545. The van der Waals surface area contributed by atoms with Crippen molar-refractivity contribution in [2.75, 3.05) is 76.7 Å². The quantitative estimate of drug-likeness (QED) is 0.221. The summed E-state index contributed by atoms with van der Waals surface area (Å²) in [6, 6.07) is 10.2. The molecular formula is C33H49N7O5. The van der Waals surface area contributed by atoms with Gasteiger partial charge in [0.25, 0.3) is 0 Å². The molecule has 1 aliphatic heterocycles. The van der Waals surface area contributed by atoms with Gasteiger partial charge in [-0.25, -0.2) is 9.78 Å². The van der Waals surface area contributed by atoms with Crippen LogP contribution in [-0.4, -0.2) is 99.3 Å². The third-order valence-electron chi connectivity index (χ3n) is 8.22. The molecule has 0 unspecified atom stereocenters. The third-order valence-corrected chi connectivity index (χ3v) is 8.22. The molecule has 45 heavy (non-hydrogen) atoms. The zero-order chi connectivity index (χ0) is 32.7. The van der Waals surface area contributed by atoms with Crippen molar-refractivity contribution in [1.29, 1.82) is 0 Å². The van der Waals surface area contributed by atoms with Gasteiger partial charge in [-0.15, -0.1) is 0 Å².